The molecular formula is C26H28FN5O2. The minimum Gasteiger partial charge on any atom is -0.396 e. The molecule has 4 rings (SSSR count). The van der Waals surface area contributed by atoms with Crippen molar-refractivity contribution in [3.63, 3.8) is 0 Å². The fraction of sp³-hybridized carbons (Fsp3) is 0.346. The zero-order valence-corrected chi connectivity index (χ0v) is 19.4. The Morgan fingerprint density at radius 1 is 1.18 bits per heavy atom. The fourth-order valence-corrected chi connectivity index (χ4v) is 4.39. The van der Waals surface area contributed by atoms with Gasteiger partial charge in [-0.2, -0.15) is 0 Å². The van der Waals surface area contributed by atoms with Gasteiger partial charge < -0.3 is 14.9 Å². The number of aromatic amines is 1. The second-order valence-corrected chi connectivity index (χ2v) is 8.74. The number of aliphatic hydroxyl groups is 1. The minimum atomic E-state index is -0.646. The first kappa shape index (κ1) is 23.6. The van der Waals surface area contributed by atoms with Crippen LogP contribution >= 0.6 is 0 Å². The molecular weight excluding hydrogens is 433 g/mol. The third-order valence-corrected chi connectivity index (χ3v) is 6.39. The van der Waals surface area contributed by atoms with Crippen LogP contribution in [-0.4, -0.2) is 59.8 Å². The van der Waals surface area contributed by atoms with Gasteiger partial charge in [0.25, 0.3) is 5.56 Å². The lowest BCUT2D eigenvalue weighted by molar-refractivity contribution is 0.249. The van der Waals surface area contributed by atoms with Gasteiger partial charge >= 0.3 is 0 Å². The van der Waals surface area contributed by atoms with Crippen molar-refractivity contribution < 1.29 is 9.50 Å². The highest BCUT2D eigenvalue weighted by molar-refractivity contribution is 5.81. The van der Waals surface area contributed by atoms with Gasteiger partial charge in [-0.25, -0.2) is 14.2 Å². The van der Waals surface area contributed by atoms with Crippen LogP contribution in [0.4, 0.5) is 16.0 Å². The number of halogens is 1. The topological polar surface area (TPSA) is 76.8 Å². The Labute approximate surface area is 198 Å². The fourth-order valence-electron chi connectivity index (χ4n) is 4.39. The molecule has 1 saturated heterocycles. The molecule has 0 aliphatic carbocycles. The van der Waals surface area contributed by atoms with Crippen molar-refractivity contribution in [1.29, 1.82) is 0 Å². The second-order valence-electron chi connectivity index (χ2n) is 8.74. The summed E-state index contributed by atoms with van der Waals surface area (Å²) < 4.78 is 14.5. The smallest absolute Gasteiger partial charge is 0.260 e. The van der Waals surface area contributed by atoms with Crippen LogP contribution in [0.2, 0.25) is 0 Å². The Balaban J connectivity index is 1.80. The lowest BCUT2D eigenvalue weighted by Crippen LogP contribution is -2.43. The molecule has 176 valence electrons. The minimum absolute atomic E-state index is 0.0403. The quantitative estimate of drug-likeness (QED) is 0.545. The van der Waals surface area contributed by atoms with Crippen LogP contribution in [0.15, 0.2) is 47.3 Å². The predicted octanol–water partition coefficient (Wildman–Crippen LogP) is 3.86. The van der Waals surface area contributed by atoms with E-state index in [2.05, 4.69) is 33.7 Å². The van der Waals surface area contributed by atoms with Crippen molar-refractivity contribution in [2.24, 2.45) is 0 Å². The molecule has 1 aliphatic rings. The van der Waals surface area contributed by atoms with Gasteiger partial charge in [-0.3, -0.25) is 9.78 Å². The predicted molar refractivity (Wildman–Crippen MR) is 132 cm³/mol. The number of nitrogens with one attached hydrogen (secondary N) is 1. The summed E-state index contributed by atoms with van der Waals surface area (Å²) in [7, 11) is 4.14. The molecule has 2 N–H and O–H groups in total. The molecule has 2 heterocycles. The molecule has 0 radical (unpaired) electrons. The van der Waals surface area contributed by atoms with Gasteiger partial charge in [-0.05, 0) is 50.6 Å². The van der Waals surface area contributed by atoms with Crippen LogP contribution in [0, 0.1) is 12.4 Å². The molecule has 0 bridgehead atoms. The number of aromatic nitrogens is 2. The Hall–Kier alpha value is -3.54. The molecule has 0 amide bonds. The zero-order valence-electron chi connectivity index (χ0n) is 19.4. The molecule has 1 aromatic heterocycles. The highest BCUT2D eigenvalue weighted by Gasteiger charge is 2.24. The maximum atomic E-state index is 14.5. The SMILES string of the molecule is [C-]#[N+]c1ccc(-c2nc(N3CCC(N(C)C)CC3)[nH]c(=O)c2-c2ccc(CCO)cc2)cc1F. The number of piperidine rings is 1. The van der Waals surface area contributed by atoms with Crippen LogP contribution in [0.3, 0.4) is 0 Å². The van der Waals surface area contributed by atoms with Crippen molar-refractivity contribution in [2.45, 2.75) is 25.3 Å². The van der Waals surface area contributed by atoms with E-state index in [4.69, 9.17) is 11.6 Å². The average Bonchev–Trinajstić information content (AvgIpc) is 2.84. The molecule has 7 nitrogen and oxygen atoms in total. The van der Waals surface area contributed by atoms with Crippen molar-refractivity contribution in [1.82, 2.24) is 14.9 Å². The summed E-state index contributed by atoms with van der Waals surface area (Å²) in [4.78, 5) is 28.6. The van der Waals surface area contributed by atoms with E-state index in [1.165, 1.54) is 12.1 Å². The molecule has 2 aromatic carbocycles. The first-order chi connectivity index (χ1) is 16.4. The summed E-state index contributed by atoms with van der Waals surface area (Å²) in [5.41, 5.74) is 2.38. The molecule has 1 fully saturated rings. The lowest BCUT2D eigenvalue weighted by Gasteiger charge is -2.35. The summed E-state index contributed by atoms with van der Waals surface area (Å²) in [6.45, 7) is 8.68. The summed E-state index contributed by atoms with van der Waals surface area (Å²) in [6, 6.07) is 12.1. The average molecular weight is 462 g/mol. The molecule has 1 aliphatic heterocycles. The molecule has 0 saturated carbocycles. The van der Waals surface area contributed by atoms with Crippen LogP contribution in [0.5, 0.6) is 0 Å². The Kier molecular flexibility index (Phi) is 7.06. The molecule has 8 heteroatoms. The first-order valence-electron chi connectivity index (χ1n) is 11.3. The van der Waals surface area contributed by atoms with Crippen molar-refractivity contribution in [2.75, 3.05) is 38.7 Å². The van der Waals surface area contributed by atoms with E-state index in [-0.39, 0.29) is 17.9 Å². The van der Waals surface area contributed by atoms with Gasteiger partial charge in [-0.1, -0.05) is 36.4 Å². The Bertz CT molecular complexity index is 1260. The van der Waals surface area contributed by atoms with E-state index in [1.807, 2.05) is 24.3 Å². The van der Waals surface area contributed by atoms with Gasteiger partial charge in [0, 0.05) is 31.3 Å². The van der Waals surface area contributed by atoms with Crippen molar-refractivity contribution in [3.05, 3.63) is 75.6 Å². The number of rotatable bonds is 6. The third-order valence-electron chi connectivity index (χ3n) is 6.39. The molecule has 0 spiro atoms. The molecule has 34 heavy (non-hydrogen) atoms. The van der Waals surface area contributed by atoms with Crippen molar-refractivity contribution >= 4 is 11.6 Å². The zero-order chi connectivity index (χ0) is 24.2. The largest absolute Gasteiger partial charge is 0.396 e. The van der Waals surface area contributed by atoms with Gasteiger partial charge in [0.1, 0.15) is 5.82 Å². The normalized spacial score (nSPS) is 14.4. The van der Waals surface area contributed by atoms with Crippen LogP contribution in [-0.2, 0) is 6.42 Å². The number of H-pyrrole nitrogens is 1. The third kappa shape index (κ3) is 4.86. The second kappa shape index (κ2) is 10.2. The van der Waals surface area contributed by atoms with E-state index >= 15 is 0 Å². The van der Waals surface area contributed by atoms with Crippen LogP contribution < -0.4 is 10.5 Å². The Morgan fingerprint density at radius 3 is 2.44 bits per heavy atom. The summed E-state index contributed by atoms with van der Waals surface area (Å²) in [5, 5.41) is 9.18. The Morgan fingerprint density at radius 2 is 1.85 bits per heavy atom. The maximum absolute atomic E-state index is 14.5. The molecule has 0 unspecified atom stereocenters. The number of benzene rings is 2. The van der Waals surface area contributed by atoms with Gasteiger partial charge in [0.05, 0.1) is 17.8 Å². The first-order valence-corrected chi connectivity index (χ1v) is 11.3. The highest BCUT2D eigenvalue weighted by Crippen LogP contribution is 2.32. The van der Waals surface area contributed by atoms with Crippen LogP contribution in [0.1, 0.15) is 18.4 Å². The van der Waals surface area contributed by atoms with E-state index in [0.717, 1.165) is 31.5 Å². The van der Waals surface area contributed by atoms with Gasteiger partial charge in [0.15, 0.2) is 0 Å². The summed E-state index contributed by atoms with van der Waals surface area (Å²) in [6.07, 6.45) is 2.43. The number of nitrogens with zero attached hydrogens (tertiary/aromatic N) is 4. The van der Waals surface area contributed by atoms with Gasteiger partial charge in [0.2, 0.25) is 11.6 Å². The number of aliphatic hydroxyl groups excluding tert-OH is 1. The standard InChI is InChI=1S/C26H28FN5O2/c1-28-22-9-8-19(16-21(22)27)24-23(18-6-4-17(5-7-18)12-15-33)25(34)30-26(29-24)32-13-10-20(11-14-32)31(2)3/h4-9,16,20,33H,10-15H2,2-3H3,(H,29,30,34). The highest BCUT2D eigenvalue weighted by atomic mass is 19.1. The number of anilines is 1. The van der Waals surface area contributed by atoms with E-state index < -0.39 is 5.82 Å². The lowest BCUT2D eigenvalue weighted by atomic mass is 9.98. The number of hydrogen-bond acceptors (Lipinski definition) is 5. The van der Waals surface area contributed by atoms with E-state index in [0.29, 0.717) is 40.8 Å². The monoisotopic (exact) mass is 461 g/mol. The van der Waals surface area contributed by atoms with E-state index in [9.17, 15) is 14.3 Å². The molecule has 3 aromatic rings. The van der Waals surface area contributed by atoms with E-state index in [1.54, 1.807) is 6.07 Å². The van der Waals surface area contributed by atoms with Crippen molar-refractivity contribution in [3.8, 4) is 22.4 Å². The summed E-state index contributed by atoms with van der Waals surface area (Å²) >= 11 is 0. The summed E-state index contributed by atoms with van der Waals surface area (Å²) in [5.74, 6) is -0.181. The van der Waals surface area contributed by atoms with Crippen LogP contribution in [0.25, 0.3) is 27.2 Å². The maximum Gasteiger partial charge on any atom is 0.260 e. The number of hydrogen-bond donors (Lipinski definition) is 2. The molecule has 0 atom stereocenters. The van der Waals surface area contributed by atoms with Gasteiger partial charge in [-0.15, -0.1) is 0 Å².